The lowest BCUT2D eigenvalue weighted by Crippen LogP contribution is -2.29. The first-order valence-corrected chi connectivity index (χ1v) is 9.50. The lowest BCUT2D eigenvalue weighted by Gasteiger charge is -2.25. The van der Waals surface area contributed by atoms with E-state index < -0.39 is 17.7 Å². The van der Waals surface area contributed by atoms with Crippen molar-refractivity contribution in [3.8, 4) is 5.75 Å². The molecule has 1 aliphatic heterocycles. The molecular weight excluding hydrogens is 380 g/mol. The first kappa shape index (κ1) is 19.4. The van der Waals surface area contributed by atoms with Crippen LogP contribution in [0.15, 0.2) is 78.5 Å². The number of aromatic nitrogens is 1. The Morgan fingerprint density at radius 1 is 1.03 bits per heavy atom. The van der Waals surface area contributed by atoms with Crippen LogP contribution in [0.2, 0.25) is 0 Å². The molecule has 2 heterocycles. The minimum absolute atomic E-state index is 0.00580. The number of Topliss-reactive ketones (excluding diaryl/α,β-unsaturated/α-hetero) is 1. The summed E-state index contributed by atoms with van der Waals surface area (Å²) in [5, 5.41) is 21.0. The second-order valence-electron chi connectivity index (χ2n) is 7.21. The zero-order chi connectivity index (χ0) is 21.3. The van der Waals surface area contributed by atoms with E-state index in [0.29, 0.717) is 16.8 Å². The second-order valence-corrected chi connectivity index (χ2v) is 7.21. The molecule has 0 saturated carbocycles. The summed E-state index contributed by atoms with van der Waals surface area (Å²) in [5.74, 6) is -1.73. The van der Waals surface area contributed by atoms with Gasteiger partial charge in [0.1, 0.15) is 11.5 Å². The van der Waals surface area contributed by atoms with Gasteiger partial charge in [-0.1, -0.05) is 48.0 Å². The molecule has 2 N–H and O–H groups in total. The average molecular weight is 400 g/mol. The predicted octanol–water partition coefficient (Wildman–Crippen LogP) is 3.72. The van der Waals surface area contributed by atoms with Crippen molar-refractivity contribution in [2.45, 2.75) is 19.5 Å². The van der Waals surface area contributed by atoms with Crippen LogP contribution in [0, 0.1) is 6.92 Å². The summed E-state index contributed by atoms with van der Waals surface area (Å²) in [6.45, 7) is 2.01. The molecule has 30 heavy (non-hydrogen) atoms. The van der Waals surface area contributed by atoms with Gasteiger partial charge < -0.3 is 15.1 Å². The average Bonchev–Trinajstić information content (AvgIpc) is 2.99. The molecule has 150 valence electrons. The molecule has 0 spiro atoms. The van der Waals surface area contributed by atoms with E-state index in [4.69, 9.17) is 0 Å². The van der Waals surface area contributed by atoms with Crippen molar-refractivity contribution < 1.29 is 19.8 Å². The van der Waals surface area contributed by atoms with Crippen LogP contribution in [0.5, 0.6) is 5.75 Å². The Morgan fingerprint density at radius 2 is 1.80 bits per heavy atom. The maximum Gasteiger partial charge on any atom is 0.296 e. The fourth-order valence-corrected chi connectivity index (χ4v) is 3.62. The molecule has 1 fully saturated rings. The molecule has 1 aliphatic rings. The summed E-state index contributed by atoms with van der Waals surface area (Å²) in [4.78, 5) is 31.5. The zero-order valence-electron chi connectivity index (χ0n) is 16.3. The van der Waals surface area contributed by atoms with Gasteiger partial charge in [-0.15, -0.1) is 0 Å². The van der Waals surface area contributed by atoms with Gasteiger partial charge in [-0.3, -0.25) is 14.6 Å². The quantitative estimate of drug-likeness (QED) is 0.396. The molecule has 0 bridgehead atoms. The molecule has 6 heteroatoms. The van der Waals surface area contributed by atoms with Crippen LogP contribution in [-0.2, 0) is 16.1 Å². The summed E-state index contributed by atoms with van der Waals surface area (Å²) in [5.41, 5.74) is 2.58. The summed E-state index contributed by atoms with van der Waals surface area (Å²) in [6, 6.07) is 17.9. The molecule has 6 nitrogen and oxygen atoms in total. The molecule has 0 radical (unpaired) electrons. The van der Waals surface area contributed by atoms with Gasteiger partial charge in [0.2, 0.25) is 0 Å². The number of ketones is 1. The van der Waals surface area contributed by atoms with E-state index in [2.05, 4.69) is 4.98 Å². The first-order chi connectivity index (χ1) is 14.5. The minimum atomic E-state index is -0.847. The Morgan fingerprint density at radius 3 is 2.47 bits per heavy atom. The van der Waals surface area contributed by atoms with E-state index in [1.165, 1.54) is 17.0 Å². The molecule has 1 aromatic heterocycles. The van der Waals surface area contributed by atoms with Crippen LogP contribution in [0.3, 0.4) is 0 Å². The molecule has 2 aromatic carbocycles. The fraction of sp³-hybridized carbons (Fsp3) is 0.125. The van der Waals surface area contributed by atoms with E-state index in [0.717, 1.165) is 5.56 Å². The molecule has 4 rings (SSSR count). The second kappa shape index (κ2) is 7.83. The summed E-state index contributed by atoms with van der Waals surface area (Å²) >= 11 is 0. The van der Waals surface area contributed by atoms with E-state index in [9.17, 15) is 19.8 Å². The van der Waals surface area contributed by atoms with Crippen LogP contribution in [0.4, 0.5) is 0 Å². The topological polar surface area (TPSA) is 90.7 Å². The largest absolute Gasteiger partial charge is 0.508 e. The summed E-state index contributed by atoms with van der Waals surface area (Å²) in [6.07, 6.45) is 1.61. The number of aliphatic hydroxyl groups excluding tert-OH is 1. The maximum atomic E-state index is 13.0. The Labute approximate surface area is 173 Å². The molecule has 0 aliphatic carbocycles. The SMILES string of the molecule is Cc1ccc(/C(O)=C2/C(=O)C(=O)N(Cc3ccccn3)C2c2cccc(O)c2)cc1. The van der Waals surface area contributed by atoms with Gasteiger partial charge in [0.05, 0.1) is 23.9 Å². The number of nitrogens with zero attached hydrogens (tertiary/aromatic N) is 2. The molecule has 1 unspecified atom stereocenters. The number of aliphatic hydroxyl groups is 1. The predicted molar refractivity (Wildman–Crippen MR) is 111 cm³/mol. The van der Waals surface area contributed by atoms with Crippen LogP contribution < -0.4 is 0 Å². The fourth-order valence-electron chi connectivity index (χ4n) is 3.62. The van der Waals surface area contributed by atoms with Gasteiger partial charge in [-0.2, -0.15) is 0 Å². The number of rotatable bonds is 4. The Hall–Kier alpha value is -3.93. The lowest BCUT2D eigenvalue weighted by atomic mass is 9.95. The van der Waals surface area contributed by atoms with Crippen molar-refractivity contribution in [1.82, 2.24) is 9.88 Å². The number of benzene rings is 2. The highest BCUT2D eigenvalue weighted by Gasteiger charge is 2.46. The smallest absolute Gasteiger partial charge is 0.296 e. The van der Waals surface area contributed by atoms with E-state index >= 15 is 0 Å². The lowest BCUT2D eigenvalue weighted by molar-refractivity contribution is -0.140. The van der Waals surface area contributed by atoms with Crippen LogP contribution in [-0.4, -0.2) is 31.8 Å². The number of carbonyl (C=O) groups excluding carboxylic acids is 2. The monoisotopic (exact) mass is 400 g/mol. The van der Waals surface area contributed by atoms with E-state index in [1.54, 1.807) is 48.7 Å². The highest BCUT2D eigenvalue weighted by atomic mass is 16.3. The van der Waals surface area contributed by atoms with Crippen molar-refractivity contribution in [2.24, 2.45) is 0 Å². The first-order valence-electron chi connectivity index (χ1n) is 9.50. The minimum Gasteiger partial charge on any atom is -0.508 e. The number of hydrogen-bond acceptors (Lipinski definition) is 5. The van der Waals surface area contributed by atoms with Crippen molar-refractivity contribution in [2.75, 3.05) is 0 Å². The van der Waals surface area contributed by atoms with E-state index in [1.807, 2.05) is 19.1 Å². The number of phenolic OH excluding ortho intramolecular Hbond substituents is 1. The highest BCUT2D eigenvalue weighted by molar-refractivity contribution is 6.46. The third-order valence-electron chi connectivity index (χ3n) is 5.11. The number of carbonyl (C=O) groups is 2. The normalized spacial score (nSPS) is 18.0. The summed E-state index contributed by atoms with van der Waals surface area (Å²) < 4.78 is 0. The Kier molecular flexibility index (Phi) is 5.06. The number of aryl methyl sites for hydroxylation is 1. The number of likely N-dealkylation sites (tertiary alicyclic amines) is 1. The zero-order valence-corrected chi connectivity index (χ0v) is 16.3. The van der Waals surface area contributed by atoms with Gasteiger partial charge in [-0.25, -0.2) is 0 Å². The molecule has 3 aromatic rings. The molecule has 1 amide bonds. The molecule has 1 atom stereocenters. The van der Waals surface area contributed by atoms with Gasteiger partial charge in [-0.05, 0) is 36.8 Å². The highest BCUT2D eigenvalue weighted by Crippen LogP contribution is 2.40. The Balaban J connectivity index is 1.87. The number of aromatic hydroxyl groups is 1. The molecule has 1 saturated heterocycles. The molecular formula is C24H20N2O4. The van der Waals surface area contributed by atoms with Gasteiger partial charge in [0, 0.05) is 11.8 Å². The van der Waals surface area contributed by atoms with Gasteiger partial charge in [0.15, 0.2) is 0 Å². The Bertz CT molecular complexity index is 1140. The van der Waals surface area contributed by atoms with Gasteiger partial charge >= 0.3 is 0 Å². The third kappa shape index (κ3) is 3.55. The number of phenols is 1. The standard InChI is InChI=1S/C24H20N2O4/c1-15-8-10-16(11-9-15)22(28)20-21(17-5-4-7-19(27)13-17)26(24(30)23(20)29)14-18-6-2-3-12-25-18/h2-13,21,27-28H,14H2,1H3/b22-20-. The number of hydrogen-bond donors (Lipinski definition) is 2. The van der Waals surface area contributed by atoms with E-state index in [-0.39, 0.29) is 23.6 Å². The number of pyridine rings is 1. The summed E-state index contributed by atoms with van der Waals surface area (Å²) in [7, 11) is 0. The van der Waals surface area contributed by atoms with Crippen molar-refractivity contribution in [1.29, 1.82) is 0 Å². The van der Waals surface area contributed by atoms with Crippen molar-refractivity contribution in [3.05, 3.63) is 101 Å². The van der Waals surface area contributed by atoms with Crippen LogP contribution >= 0.6 is 0 Å². The van der Waals surface area contributed by atoms with Crippen molar-refractivity contribution in [3.63, 3.8) is 0 Å². The number of amides is 1. The van der Waals surface area contributed by atoms with Crippen LogP contribution in [0.25, 0.3) is 5.76 Å². The van der Waals surface area contributed by atoms with Crippen LogP contribution in [0.1, 0.15) is 28.4 Å². The van der Waals surface area contributed by atoms with Crippen molar-refractivity contribution >= 4 is 17.4 Å². The third-order valence-corrected chi connectivity index (χ3v) is 5.11. The maximum absolute atomic E-state index is 13.0. The van der Waals surface area contributed by atoms with Gasteiger partial charge in [0.25, 0.3) is 11.7 Å².